The average Bonchev–Trinajstić information content (AvgIpc) is 3.22. The number of carbonyl (C=O) groups is 1. The van der Waals surface area contributed by atoms with E-state index in [1.807, 2.05) is 6.92 Å². The van der Waals surface area contributed by atoms with Crippen molar-refractivity contribution in [3.8, 4) is 0 Å². The molecule has 30 heavy (non-hydrogen) atoms. The van der Waals surface area contributed by atoms with Gasteiger partial charge < -0.3 is 14.2 Å². The van der Waals surface area contributed by atoms with Crippen LogP contribution in [0.1, 0.15) is 32.8 Å². The van der Waals surface area contributed by atoms with Crippen molar-refractivity contribution in [3.63, 3.8) is 0 Å². The Bertz CT molecular complexity index is 910. The van der Waals surface area contributed by atoms with Gasteiger partial charge in [0.15, 0.2) is 6.29 Å². The summed E-state index contributed by atoms with van der Waals surface area (Å²) in [6, 6.07) is 6.85. The first-order chi connectivity index (χ1) is 14.2. The van der Waals surface area contributed by atoms with Gasteiger partial charge in [-0.15, -0.1) is 0 Å². The molecule has 2 heterocycles. The second kappa shape index (κ2) is 9.24. The summed E-state index contributed by atoms with van der Waals surface area (Å²) in [5, 5.41) is 3.18. The van der Waals surface area contributed by atoms with Crippen molar-refractivity contribution in [1.29, 1.82) is 0 Å². The molecule has 0 radical (unpaired) electrons. The first-order valence-corrected chi connectivity index (χ1v) is 10.5. The third kappa shape index (κ3) is 4.50. The van der Waals surface area contributed by atoms with Crippen LogP contribution in [0.15, 0.2) is 36.9 Å². The summed E-state index contributed by atoms with van der Waals surface area (Å²) < 4.78 is 18.7. The van der Waals surface area contributed by atoms with E-state index in [1.165, 1.54) is 24.3 Å². The molecular weight excluding hydrogens is 453 g/mol. The first-order valence-electron chi connectivity index (χ1n) is 9.33. The van der Waals surface area contributed by atoms with Gasteiger partial charge in [0.2, 0.25) is 5.06 Å². The van der Waals surface area contributed by atoms with E-state index in [0.29, 0.717) is 17.0 Å². The van der Waals surface area contributed by atoms with Crippen molar-refractivity contribution in [3.05, 3.63) is 47.5 Å². The van der Waals surface area contributed by atoms with E-state index >= 15 is 0 Å². The molecule has 1 aliphatic heterocycles. The zero-order chi connectivity index (χ0) is 21.9. The highest BCUT2D eigenvalue weighted by Gasteiger charge is 2.57. The monoisotopic (exact) mass is 473 g/mol. The van der Waals surface area contributed by atoms with Gasteiger partial charge in [0, 0.05) is 11.9 Å². The molecule has 1 aromatic heterocycles. The highest BCUT2D eigenvalue weighted by molar-refractivity contribution is 6.53. The van der Waals surface area contributed by atoms with Crippen molar-refractivity contribution in [2.24, 2.45) is 5.41 Å². The Morgan fingerprint density at radius 2 is 1.97 bits per heavy atom. The Balaban J connectivity index is 2.19. The van der Waals surface area contributed by atoms with Crippen LogP contribution in [0.3, 0.4) is 0 Å². The minimum absolute atomic E-state index is 0.172. The van der Waals surface area contributed by atoms with Gasteiger partial charge in [-0.05, 0) is 31.0 Å². The first kappa shape index (κ1) is 23.0. The van der Waals surface area contributed by atoms with Gasteiger partial charge in [0.05, 0.1) is 23.7 Å². The molecule has 0 spiro atoms. The normalized spacial score (nSPS) is 24.7. The Hall–Kier alpha value is -1.64. The van der Waals surface area contributed by atoms with E-state index in [2.05, 4.69) is 10.1 Å². The highest BCUT2D eigenvalue weighted by atomic mass is 35.5. The van der Waals surface area contributed by atoms with Gasteiger partial charge >= 0.3 is 5.97 Å². The van der Waals surface area contributed by atoms with E-state index in [4.69, 9.17) is 49.0 Å². The van der Waals surface area contributed by atoms with Crippen molar-refractivity contribution in [2.45, 2.75) is 38.5 Å². The lowest BCUT2D eigenvalue weighted by Crippen LogP contribution is -2.56. The number of esters is 1. The number of ether oxygens (including phenoxy) is 3. The second-order valence-corrected chi connectivity index (χ2v) is 8.57. The lowest BCUT2D eigenvalue weighted by Gasteiger charge is -2.47. The topological polar surface area (TPSA) is 75.5 Å². The fraction of sp³-hybridized carbons (Fsp3) is 0.450. The van der Waals surface area contributed by atoms with Crippen molar-refractivity contribution < 1.29 is 19.0 Å². The molecule has 1 fully saturated rings. The minimum atomic E-state index is -1.78. The van der Waals surface area contributed by atoms with Crippen LogP contribution in [-0.4, -0.2) is 45.3 Å². The smallest absolute Gasteiger partial charge is 0.304 e. The van der Waals surface area contributed by atoms with Crippen LogP contribution < -0.4 is 0 Å². The molecule has 2 aromatic rings. The van der Waals surface area contributed by atoms with Crippen LogP contribution in [0.2, 0.25) is 5.02 Å². The number of rotatable bonds is 6. The Morgan fingerprint density at radius 3 is 2.47 bits per heavy atom. The van der Waals surface area contributed by atoms with Crippen LogP contribution in [0.25, 0.3) is 10.7 Å². The molecule has 1 aliphatic rings. The summed E-state index contributed by atoms with van der Waals surface area (Å²) in [5.74, 6) is -0.595. The number of nitrogens with zero attached hydrogens (tertiary/aromatic N) is 3. The SMILES string of the molecule is CCC1OCC(C)(C(Cl)(OC(C)=O)C(=C(Cl)c2ccc(Cl)cc2)n2cncn2)CO1. The number of carbonyl (C=O) groups excluding carboxylic acids is 1. The van der Waals surface area contributed by atoms with E-state index in [9.17, 15) is 4.79 Å². The Morgan fingerprint density at radius 1 is 1.33 bits per heavy atom. The molecule has 1 saturated heterocycles. The van der Waals surface area contributed by atoms with Crippen LogP contribution in [0, 0.1) is 5.41 Å². The molecule has 3 rings (SSSR count). The molecule has 1 unspecified atom stereocenters. The molecule has 0 saturated carbocycles. The summed E-state index contributed by atoms with van der Waals surface area (Å²) in [7, 11) is 0. The molecule has 0 aliphatic carbocycles. The number of benzene rings is 1. The molecule has 0 amide bonds. The largest absolute Gasteiger partial charge is 0.436 e. The van der Waals surface area contributed by atoms with Crippen LogP contribution >= 0.6 is 34.8 Å². The molecule has 1 aromatic carbocycles. The van der Waals surface area contributed by atoms with Crippen LogP contribution in [-0.2, 0) is 19.0 Å². The molecule has 1 atom stereocenters. The number of hydrogen-bond acceptors (Lipinski definition) is 6. The molecule has 0 bridgehead atoms. The predicted octanol–water partition coefficient (Wildman–Crippen LogP) is 4.78. The third-order valence-electron chi connectivity index (χ3n) is 4.83. The van der Waals surface area contributed by atoms with Crippen LogP contribution in [0.5, 0.6) is 0 Å². The molecular formula is C20H22Cl3N3O4. The number of aromatic nitrogens is 3. The summed E-state index contributed by atoms with van der Waals surface area (Å²) in [6.45, 7) is 5.37. The minimum Gasteiger partial charge on any atom is -0.436 e. The van der Waals surface area contributed by atoms with E-state index in [1.54, 1.807) is 31.2 Å². The van der Waals surface area contributed by atoms with Gasteiger partial charge in [0.25, 0.3) is 0 Å². The van der Waals surface area contributed by atoms with Crippen LogP contribution in [0.4, 0.5) is 0 Å². The van der Waals surface area contributed by atoms with Gasteiger partial charge in [-0.1, -0.05) is 53.9 Å². The maximum atomic E-state index is 12.1. The maximum absolute atomic E-state index is 12.1. The molecule has 162 valence electrons. The zero-order valence-corrected chi connectivity index (χ0v) is 19.0. The summed E-state index contributed by atoms with van der Waals surface area (Å²) in [4.78, 5) is 16.1. The fourth-order valence-electron chi connectivity index (χ4n) is 3.17. The van der Waals surface area contributed by atoms with Crippen molar-refractivity contribution in [1.82, 2.24) is 14.8 Å². The average molecular weight is 475 g/mol. The lowest BCUT2D eigenvalue weighted by atomic mass is 9.81. The number of alkyl halides is 1. The molecule has 10 heteroatoms. The summed E-state index contributed by atoms with van der Waals surface area (Å²) >= 11 is 19.9. The summed E-state index contributed by atoms with van der Waals surface area (Å²) in [6.07, 6.45) is 3.08. The van der Waals surface area contributed by atoms with Crippen molar-refractivity contribution >= 4 is 51.5 Å². The quantitative estimate of drug-likeness (QED) is 0.443. The Kier molecular flexibility index (Phi) is 7.09. The summed E-state index contributed by atoms with van der Waals surface area (Å²) in [5.41, 5.74) is -0.165. The standard InChI is InChI=1S/C20H22Cl3N3O4/c1-4-16-28-9-19(3,10-29-16)20(23,30-13(2)27)18(26-12-24-11-25-26)17(22)14-5-7-15(21)8-6-14/h5-8,11-12,16H,4,9-10H2,1-3H3. The second-order valence-electron chi connectivity index (χ2n) is 7.22. The van der Waals surface area contributed by atoms with E-state index in [-0.39, 0.29) is 30.2 Å². The van der Waals surface area contributed by atoms with E-state index < -0.39 is 16.4 Å². The van der Waals surface area contributed by atoms with Gasteiger partial charge in [-0.25, -0.2) is 9.67 Å². The number of hydrogen-bond donors (Lipinski definition) is 0. The maximum Gasteiger partial charge on any atom is 0.304 e. The predicted molar refractivity (Wildman–Crippen MR) is 115 cm³/mol. The number of halogens is 3. The van der Waals surface area contributed by atoms with Gasteiger partial charge in [-0.3, -0.25) is 4.79 Å². The molecule has 0 N–H and O–H groups in total. The fourth-order valence-corrected chi connectivity index (χ4v) is 4.08. The zero-order valence-electron chi connectivity index (χ0n) is 16.8. The highest BCUT2D eigenvalue weighted by Crippen LogP contribution is 2.51. The lowest BCUT2D eigenvalue weighted by molar-refractivity contribution is -0.248. The van der Waals surface area contributed by atoms with Gasteiger partial charge in [0.1, 0.15) is 18.4 Å². The molecule has 7 nitrogen and oxygen atoms in total. The van der Waals surface area contributed by atoms with Gasteiger partial charge in [-0.2, -0.15) is 5.10 Å². The Labute approximate surface area is 189 Å². The van der Waals surface area contributed by atoms with Crippen molar-refractivity contribution in [2.75, 3.05) is 13.2 Å². The van der Waals surface area contributed by atoms with E-state index in [0.717, 1.165) is 0 Å². The third-order valence-corrected chi connectivity index (χ3v) is 6.19.